The molecule has 1 atom stereocenters. The summed E-state index contributed by atoms with van der Waals surface area (Å²) in [6.45, 7) is 6.61. The topological polar surface area (TPSA) is 71.0 Å². The SMILES string of the molecule is CCNC(=NCc1cccnc1N(C)C)NCCCOC1CCOC1. The molecule has 0 spiro atoms. The van der Waals surface area contributed by atoms with E-state index in [0.29, 0.717) is 6.54 Å². The van der Waals surface area contributed by atoms with E-state index in [9.17, 15) is 0 Å². The number of anilines is 1. The molecule has 0 aliphatic carbocycles. The summed E-state index contributed by atoms with van der Waals surface area (Å²) < 4.78 is 11.1. The van der Waals surface area contributed by atoms with Crippen LogP contribution in [0.5, 0.6) is 0 Å². The van der Waals surface area contributed by atoms with Crippen LogP contribution in [0.3, 0.4) is 0 Å². The Hall–Kier alpha value is -1.86. The van der Waals surface area contributed by atoms with Crippen LogP contribution in [0.2, 0.25) is 0 Å². The van der Waals surface area contributed by atoms with Gasteiger partial charge in [0.1, 0.15) is 5.82 Å². The van der Waals surface area contributed by atoms with E-state index < -0.39 is 0 Å². The summed E-state index contributed by atoms with van der Waals surface area (Å²) in [5, 5.41) is 6.64. The van der Waals surface area contributed by atoms with Crippen LogP contribution in [0.25, 0.3) is 0 Å². The molecule has 25 heavy (non-hydrogen) atoms. The molecule has 2 N–H and O–H groups in total. The number of rotatable bonds is 9. The lowest BCUT2D eigenvalue weighted by molar-refractivity contribution is 0.0420. The van der Waals surface area contributed by atoms with Crippen molar-refractivity contribution in [1.29, 1.82) is 0 Å². The van der Waals surface area contributed by atoms with E-state index in [0.717, 1.165) is 63.1 Å². The third kappa shape index (κ3) is 6.88. The van der Waals surface area contributed by atoms with Crippen LogP contribution in [0.15, 0.2) is 23.3 Å². The van der Waals surface area contributed by atoms with Crippen molar-refractivity contribution in [3.05, 3.63) is 23.9 Å². The number of pyridine rings is 1. The minimum Gasteiger partial charge on any atom is -0.379 e. The van der Waals surface area contributed by atoms with Gasteiger partial charge in [0.2, 0.25) is 0 Å². The molecule has 0 saturated carbocycles. The molecule has 7 heteroatoms. The number of nitrogens with one attached hydrogen (secondary N) is 2. The van der Waals surface area contributed by atoms with Gasteiger partial charge in [-0.3, -0.25) is 0 Å². The van der Waals surface area contributed by atoms with E-state index in [-0.39, 0.29) is 6.10 Å². The van der Waals surface area contributed by atoms with Crippen molar-refractivity contribution >= 4 is 11.8 Å². The number of ether oxygens (including phenoxy) is 2. The first kappa shape index (κ1) is 19.5. The van der Waals surface area contributed by atoms with E-state index >= 15 is 0 Å². The lowest BCUT2D eigenvalue weighted by atomic mass is 10.2. The van der Waals surface area contributed by atoms with E-state index in [2.05, 4.69) is 33.6 Å². The van der Waals surface area contributed by atoms with Crippen molar-refractivity contribution in [1.82, 2.24) is 15.6 Å². The number of hydrogen-bond acceptors (Lipinski definition) is 5. The molecule has 1 fully saturated rings. The van der Waals surface area contributed by atoms with E-state index in [1.807, 2.05) is 25.1 Å². The van der Waals surface area contributed by atoms with E-state index in [4.69, 9.17) is 9.47 Å². The minimum absolute atomic E-state index is 0.275. The summed E-state index contributed by atoms with van der Waals surface area (Å²) in [5.41, 5.74) is 1.11. The highest BCUT2D eigenvalue weighted by Crippen LogP contribution is 2.15. The predicted octanol–water partition coefficient (Wildman–Crippen LogP) is 1.40. The molecule has 1 unspecified atom stereocenters. The van der Waals surface area contributed by atoms with E-state index in [1.165, 1.54) is 0 Å². The highest BCUT2D eigenvalue weighted by atomic mass is 16.5. The monoisotopic (exact) mass is 349 g/mol. The van der Waals surface area contributed by atoms with Gasteiger partial charge in [0.15, 0.2) is 5.96 Å². The maximum absolute atomic E-state index is 5.78. The van der Waals surface area contributed by atoms with Crippen molar-refractivity contribution in [2.75, 3.05) is 51.9 Å². The van der Waals surface area contributed by atoms with Gasteiger partial charge in [-0.25, -0.2) is 9.98 Å². The number of nitrogens with zero attached hydrogens (tertiary/aromatic N) is 3. The second-order valence-corrected chi connectivity index (χ2v) is 6.21. The summed E-state index contributed by atoms with van der Waals surface area (Å²) >= 11 is 0. The van der Waals surface area contributed by atoms with Crippen molar-refractivity contribution < 1.29 is 9.47 Å². The summed E-state index contributed by atoms with van der Waals surface area (Å²) in [7, 11) is 3.99. The fourth-order valence-corrected chi connectivity index (χ4v) is 2.64. The molecule has 1 aliphatic rings. The minimum atomic E-state index is 0.275. The van der Waals surface area contributed by atoms with Gasteiger partial charge in [0.05, 0.1) is 19.3 Å². The average Bonchev–Trinajstić information content (AvgIpc) is 3.13. The fourth-order valence-electron chi connectivity index (χ4n) is 2.64. The van der Waals surface area contributed by atoms with Crippen LogP contribution >= 0.6 is 0 Å². The fraction of sp³-hybridized carbons (Fsp3) is 0.667. The number of aromatic nitrogens is 1. The van der Waals surface area contributed by atoms with Crippen LogP contribution in [0.1, 0.15) is 25.3 Å². The van der Waals surface area contributed by atoms with Gasteiger partial charge in [-0.05, 0) is 25.8 Å². The Morgan fingerprint density at radius 2 is 2.32 bits per heavy atom. The van der Waals surface area contributed by atoms with Crippen molar-refractivity contribution in [3.8, 4) is 0 Å². The summed E-state index contributed by atoms with van der Waals surface area (Å²) in [4.78, 5) is 11.1. The summed E-state index contributed by atoms with van der Waals surface area (Å²) in [6, 6.07) is 4.01. The Morgan fingerprint density at radius 1 is 1.44 bits per heavy atom. The molecule has 1 aromatic heterocycles. The third-order valence-corrected chi connectivity index (χ3v) is 3.90. The van der Waals surface area contributed by atoms with Gasteiger partial charge in [-0.1, -0.05) is 6.07 Å². The third-order valence-electron chi connectivity index (χ3n) is 3.90. The zero-order valence-electron chi connectivity index (χ0n) is 15.6. The van der Waals surface area contributed by atoms with Gasteiger partial charge in [0, 0.05) is 52.2 Å². The first-order valence-electron chi connectivity index (χ1n) is 9.03. The first-order chi connectivity index (χ1) is 12.2. The Morgan fingerprint density at radius 3 is 3.04 bits per heavy atom. The average molecular weight is 349 g/mol. The maximum Gasteiger partial charge on any atom is 0.191 e. The molecule has 0 aromatic carbocycles. The summed E-state index contributed by atoms with van der Waals surface area (Å²) in [6.07, 6.45) is 4.03. The molecule has 1 aliphatic heterocycles. The van der Waals surface area contributed by atoms with Gasteiger partial charge < -0.3 is 25.0 Å². The van der Waals surface area contributed by atoms with Gasteiger partial charge in [-0.2, -0.15) is 0 Å². The van der Waals surface area contributed by atoms with Crippen molar-refractivity contribution in [2.45, 2.75) is 32.4 Å². The van der Waals surface area contributed by atoms with Crippen LogP contribution < -0.4 is 15.5 Å². The second kappa shape index (κ2) is 10.9. The highest BCUT2D eigenvalue weighted by Gasteiger charge is 2.15. The van der Waals surface area contributed by atoms with Crippen molar-refractivity contribution in [2.24, 2.45) is 4.99 Å². The largest absolute Gasteiger partial charge is 0.379 e. The number of hydrogen-bond donors (Lipinski definition) is 2. The lowest BCUT2D eigenvalue weighted by Crippen LogP contribution is -2.38. The molecule has 140 valence electrons. The Kier molecular flexibility index (Phi) is 8.48. The van der Waals surface area contributed by atoms with Gasteiger partial charge in [-0.15, -0.1) is 0 Å². The Labute approximate surface area is 150 Å². The van der Waals surface area contributed by atoms with Crippen LogP contribution in [-0.4, -0.2) is 64.1 Å². The molecule has 7 nitrogen and oxygen atoms in total. The van der Waals surface area contributed by atoms with Crippen LogP contribution in [-0.2, 0) is 16.0 Å². The molecule has 0 radical (unpaired) electrons. The molecular weight excluding hydrogens is 318 g/mol. The second-order valence-electron chi connectivity index (χ2n) is 6.21. The first-order valence-corrected chi connectivity index (χ1v) is 9.03. The molecular formula is C18H31N5O2. The normalized spacial score (nSPS) is 17.6. The zero-order valence-corrected chi connectivity index (χ0v) is 15.6. The van der Waals surface area contributed by atoms with E-state index in [1.54, 1.807) is 6.20 Å². The standard InChI is InChI=1S/C18H31N5O2/c1-4-19-18(21-10-6-11-25-16-8-12-24-14-16)22-13-15-7-5-9-20-17(15)23(2)3/h5,7,9,16H,4,6,8,10-14H2,1-3H3,(H2,19,21,22). The zero-order chi connectivity index (χ0) is 17.9. The summed E-state index contributed by atoms with van der Waals surface area (Å²) in [5.74, 6) is 1.77. The molecule has 2 heterocycles. The smallest absolute Gasteiger partial charge is 0.191 e. The molecule has 0 amide bonds. The van der Waals surface area contributed by atoms with Crippen LogP contribution in [0.4, 0.5) is 5.82 Å². The highest BCUT2D eigenvalue weighted by molar-refractivity contribution is 5.79. The van der Waals surface area contributed by atoms with Crippen molar-refractivity contribution in [3.63, 3.8) is 0 Å². The maximum atomic E-state index is 5.78. The molecule has 2 rings (SSSR count). The predicted molar refractivity (Wildman–Crippen MR) is 101 cm³/mol. The van der Waals surface area contributed by atoms with Gasteiger partial charge in [0.25, 0.3) is 0 Å². The quantitative estimate of drug-likeness (QED) is 0.399. The van der Waals surface area contributed by atoms with Crippen LogP contribution in [0, 0.1) is 0 Å². The molecule has 1 aromatic rings. The molecule has 1 saturated heterocycles. The number of aliphatic imine (C=N–C) groups is 1. The Bertz CT molecular complexity index is 530. The van der Waals surface area contributed by atoms with Gasteiger partial charge >= 0.3 is 0 Å². The lowest BCUT2D eigenvalue weighted by Gasteiger charge is -2.16. The number of guanidine groups is 1. The molecule has 0 bridgehead atoms. The Balaban J connectivity index is 1.77.